The molecule has 0 aromatic heterocycles. The van der Waals surface area contributed by atoms with Crippen molar-refractivity contribution in [3.05, 3.63) is 37.9 Å². The Hall–Kier alpha value is -0.800. The molecular weight excluding hydrogens is 225 g/mol. The van der Waals surface area contributed by atoms with Crippen LogP contribution in [0.4, 0.5) is 5.69 Å². The van der Waals surface area contributed by atoms with Crippen molar-refractivity contribution in [3.63, 3.8) is 0 Å². The minimum Gasteiger partial charge on any atom is -0.258 e. The zero-order chi connectivity index (χ0) is 10.9. The first-order valence-corrected chi connectivity index (χ1v) is 4.82. The lowest BCUT2D eigenvalue weighted by molar-refractivity contribution is -0.385. The smallest absolute Gasteiger partial charge is 0.258 e. The summed E-state index contributed by atoms with van der Waals surface area (Å²) in [6.45, 7) is 3.74. The summed E-state index contributed by atoms with van der Waals surface area (Å²) in [5.41, 5.74) is 0.624. The number of halogens is 2. The summed E-state index contributed by atoms with van der Waals surface area (Å²) in [4.78, 5) is 10.2. The van der Waals surface area contributed by atoms with Gasteiger partial charge < -0.3 is 0 Å². The number of hydrogen-bond donors (Lipinski definition) is 0. The maximum Gasteiger partial charge on any atom is 0.274 e. The quantitative estimate of drug-likeness (QED) is 0.572. The van der Waals surface area contributed by atoms with Crippen molar-refractivity contribution in [1.29, 1.82) is 0 Å². The van der Waals surface area contributed by atoms with Gasteiger partial charge in [-0.25, -0.2) is 0 Å². The van der Waals surface area contributed by atoms with Crippen molar-refractivity contribution in [1.82, 2.24) is 0 Å². The highest BCUT2D eigenvalue weighted by atomic mass is 35.5. The van der Waals surface area contributed by atoms with E-state index in [1.54, 1.807) is 6.07 Å². The Kier molecular flexibility index (Phi) is 3.34. The number of benzene rings is 1. The van der Waals surface area contributed by atoms with Crippen LogP contribution in [0.15, 0.2) is 12.1 Å². The van der Waals surface area contributed by atoms with Gasteiger partial charge in [-0.05, 0) is 12.0 Å². The summed E-state index contributed by atoms with van der Waals surface area (Å²) in [7, 11) is 0. The normalized spacial score (nSPS) is 10.6. The van der Waals surface area contributed by atoms with E-state index >= 15 is 0 Å². The van der Waals surface area contributed by atoms with E-state index in [1.165, 1.54) is 6.07 Å². The Morgan fingerprint density at radius 2 is 1.79 bits per heavy atom. The second-order valence-electron chi connectivity index (χ2n) is 3.24. The maximum atomic E-state index is 10.7. The van der Waals surface area contributed by atoms with Gasteiger partial charge in [0.1, 0.15) is 0 Å². The Morgan fingerprint density at radius 1 is 1.29 bits per heavy atom. The number of hydrogen-bond acceptors (Lipinski definition) is 2. The first-order valence-electron chi connectivity index (χ1n) is 4.06. The molecule has 0 atom stereocenters. The zero-order valence-electron chi connectivity index (χ0n) is 7.75. The highest BCUT2D eigenvalue weighted by Crippen LogP contribution is 2.34. The molecule has 1 aromatic rings. The molecule has 0 radical (unpaired) electrons. The maximum absolute atomic E-state index is 10.7. The fourth-order valence-electron chi connectivity index (χ4n) is 1.17. The second kappa shape index (κ2) is 4.15. The van der Waals surface area contributed by atoms with Crippen LogP contribution in [-0.4, -0.2) is 4.92 Å². The average molecular weight is 234 g/mol. The molecule has 76 valence electrons. The van der Waals surface area contributed by atoms with Crippen LogP contribution >= 0.6 is 23.2 Å². The van der Waals surface area contributed by atoms with E-state index in [4.69, 9.17) is 23.2 Å². The molecule has 0 saturated heterocycles. The molecule has 0 spiro atoms. The Balaban J connectivity index is 3.39. The molecule has 0 N–H and O–H groups in total. The van der Waals surface area contributed by atoms with Gasteiger partial charge in [-0.1, -0.05) is 37.0 Å². The SMILES string of the molecule is CC(C)c1cc(Cl)c(Cl)cc1[N+](=O)[O-]. The fraction of sp³-hybridized carbons (Fsp3) is 0.333. The standard InChI is InChI=1S/C9H9Cl2NO2/c1-5(2)6-3-7(10)8(11)4-9(6)12(13)14/h3-5H,1-2H3. The summed E-state index contributed by atoms with van der Waals surface area (Å²) >= 11 is 11.5. The van der Waals surface area contributed by atoms with Gasteiger partial charge in [-0.15, -0.1) is 0 Å². The van der Waals surface area contributed by atoms with Crippen molar-refractivity contribution < 1.29 is 4.92 Å². The van der Waals surface area contributed by atoms with Crippen LogP contribution in [0, 0.1) is 10.1 Å². The Labute approximate surface area is 91.8 Å². The monoisotopic (exact) mass is 233 g/mol. The lowest BCUT2D eigenvalue weighted by atomic mass is 10.0. The largest absolute Gasteiger partial charge is 0.274 e. The molecule has 0 aliphatic rings. The van der Waals surface area contributed by atoms with E-state index in [-0.39, 0.29) is 16.6 Å². The Bertz CT molecular complexity index is 377. The van der Waals surface area contributed by atoms with Crippen LogP contribution in [0.5, 0.6) is 0 Å². The van der Waals surface area contributed by atoms with E-state index in [0.29, 0.717) is 10.6 Å². The van der Waals surface area contributed by atoms with Crippen LogP contribution in [0.3, 0.4) is 0 Å². The van der Waals surface area contributed by atoms with Crippen molar-refractivity contribution in [2.45, 2.75) is 19.8 Å². The summed E-state index contributed by atoms with van der Waals surface area (Å²) in [5, 5.41) is 11.3. The van der Waals surface area contributed by atoms with Crippen molar-refractivity contribution in [2.24, 2.45) is 0 Å². The van der Waals surface area contributed by atoms with Crippen molar-refractivity contribution >= 4 is 28.9 Å². The van der Waals surface area contributed by atoms with Crippen LogP contribution in [0.1, 0.15) is 25.3 Å². The third-order valence-corrected chi connectivity index (χ3v) is 2.61. The molecule has 0 amide bonds. The van der Waals surface area contributed by atoms with Gasteiger partial charge in [-0.3, -0.25) is 10.1 Å². The number of nitro benzene ring substituents is 1. The molecule has 14 heavy (non-hydrogen) atoms. The molecule has 0 saturated carbocycles. The molecule has 0 aliphatic heterocycles. The molecule has 5 heteroatoms. The Morgan fingerprint density at radius 3 is 2.21 bits per heavy atom. The first kappa shape index (κ1) is 11.3. The van der Waals surface area contributed by atoms with Gasteiger partial charge >= 0.3 is 0 Å². The summed E-state index contributed by atoms with van der Waals surface area (Å²) in [6, 6.07) is 2.84. The zero-order valence-corrected chi connectivity index (χ0v) is 9.26. The first-order chi connectivity index (χ1) is 6.43. The van der Waals surface area contributed by atoms with E-state index in [2.05, 4.69) is 0 Å². The van der Waals surface area contributed by atoms with Crippen LogP contribution in [0.2, 0.25) is 10.0 Å². The molecule has 0 aliphatic carbocycles. The summed E-state index contributed by atoms with van der Waals surface area (Å²) in [6.07, 6.45) is 0. The van der Waals surface area contributed by atoms with Gasteiger partial charge in [0.25, 0.3) is 5.69 Å². The molecule has 3 nitrogen and oxygen atoms in total. The number of nitro groups is 1. The molecule has 1 aromatic carbocycles. The second-order valence-corrected chi connectivity index (χ2v) is 4.05. The third kappa shape index (κ3) is 2.16. The minimum atomic E-state index is -0.447. The lowest BCUT2D eigenvalue weighted by Gasteiger charge is -2.07. The molecule has 1 rings (SSSR count). The average Bonchev–Trinajstić information content (AvgIpc) is 2.08. The molecular formula is C9H9Cl2NO2. The van der Waals surface area contributed by atoms with Crippen LogP contribution < -0.4 is 0 Å². The molecule has 0 fully saturated rings. The fourth-order valence-corrected chi connectivity index (χ4v) is 1.50. The van der Waals surface area contributed by atoms with Crippen molar-refractivity contribution in [3.8, 4) is 0 Å². The predicted molar refractivity (Wildman–Crippen MR) is 57.2 cm³/mol. The number of rotatable bonds is 2. The van der Waals surface area contributed by atoms with Gasteiger partial charge in [0, 0.05) is 11.6 Å². The van der Waals surface area contributed by atoms with Crippen LogP contribution in [-0.2, 0) is 0 Å². The van der Waals surface area contributed by atoms with Gasteiger partial charge in [0.2, 0.25) is 0 Å². The van der Waals surface area contributed by atoms with Gasteiger partial charge in [-0.2, -0.15) is 0 Å². The van der Waals surface area contributed by atoms with E-state index in [1.807, 2.05) is 13.8 Å². The number of nitrogens with zero attached hydrogens (tertiary/aromatic N) is 1. The highest BCUT2D eigenvalue weighted by Gasteiger charge is 2.18. The summed E-state index contributed by atoms with van der Waals surface area (Å²) in [5.74, 6) is 0.0465. The molecule has 0 unspecified atom stereocenters. The lowest BCUT2D eigenvalue weighted by Crippen LogP contribution is -1.97. The highest BCUT2D eigenvalue weighted by molar-refractivity contribution is 6.42. The van der Waals surface area contributed by atoms with E-state index in [0.717, 1.165) is 0 Å². The topological polar surface area (TPSA) is 43.1 Å². The summed E-state index contributed by atoms with van der Waals surface area (Å²) < 4.78 is 0. The minimum absolute atomic E-state index is 0.0226. The van der Waals surface area contributed by atoms with Crippen molar-refractivity contribution in [2.75, 3.05) is 0 Å². The van der Waals surface area contributed by atoms with Gasteiger partial charge in [0.15, 0.2) is 0 Å². The molecule has 0 heterocycles. The van der Waals surface area contributed by atoms with Crippen LogP contribution in [0.25, 0.3) is 0 Å². The van der Waals surface area contributed by atoms with E-state index in [9.17, 15) is 10.1 Å². The molecule has 0 bridgehead atoms. The third-order valence-electron chi connectivity index (χ3n) is 1.89. The van der Waals surface area contributed by atoms with Gasteiger partial charge in [0.05, 0.1) is 15.0 Å². The predicted octanol–water partition coefficient (Wildman–Crippen LogP) is 4.03. The van der Waals surface area contributed by atoms with E-state index < -0.39 is 4.92 Å².